The molecule has 0 heterocycles. The number of carbonyl (C=O) groups excluding carboxylic acids is 2. The van der Waals surface area contributed by atoms with Gasteiger partial charge in [0.2, 0.25) is 11.8 Å². The fraction of sp³-hybridized carbons (Fsp3) is 0.286. The molecule has 0 bridgehead atoms. The van der Waals surface area contributed by atoms with E-state index in [4.69, 9.17) is 34.8 Å². The molecule has 0 aliphatic heterocycles. The predicted octanol–water partition coefficient (Wildman–Crippen LogP) is 6.75. The lowest BCUT2D eigenvalue weighted by atomic mass is 10.0. The fourth-order valence-electron chi connectivity index (χ4n) is 3.82. The molecule has 2 amide bonds. The molecule has 0 spiro atoms. The van der Waals surface area contributed by atoms with Crippen LogP contribution in [0.1, 0.15) is 36.5 Å². The highest BCUT2D eigenvalue weighted by Gasteiger charge is 2.31. The molecule has 1 N–H and O–H groups in total. The number of carbonyl (C=O) groups is 2. The monoisotopic (exact) mass is 530 g/mol. The van der Waals surface area contributed by atoms with Crippen LogP contribution in [0.25, 0.3) is 0 Å². The zero-order valence-electron chi connectivity index (χ0n) is 19.6. The van der Waals surface area contributed by atoms with Crippen LogP contribution in [0, 0.1) is 0 Å². The minimum Gasteiger partial charge on any atom is -0.354 e. The Kier molecular flexibility index (Phi) is 10.5. The van der Waals surface area contributed by atoms with E-state index in [9.17, 15) is 9.59 Å². The second kappa shape index (κ2) is 13.5. The summed E-state index contributed by atoms with van der Waals surface area (Å²) < 4.78 is 0. The first-order chi connectivity index (χ1) is 16.9. The number of rotatable bonds is 11. The lowest BCUT2D eigenvalue weighted by Crippen LogP contribution is -2.51. The summed E-state index contributed by atoms with van der Waals surface area (Å²) in [6.45, 7) is 2.70. The van der Waals surface area contributed by atoms with Crippen molar-refractivity contribution >= 4 is 46.6 Å². The molecular formula is C28H29Cl3N2O2. The Morgan fingerprint density at radius 3 is 2.14 bits per heavy atom. The second-order valence-corrected chi connectivity index (χ2v) is 9.56. The summed E-state index contributed by atoms with van der Waals surface area (Å²) in [6.07, 6.45) is 2.21. The Morgan fingerprint density at radius 1 is 0.857 bits per heavy atom. The number of hydrogen-bond donors (Lipinski definition) is 1. The first-order valence-corrected chi connectivity index (χ1v) is 12.8. The number of unbranched alkanes of at least 4 members (excludes halogenated alkanes) is 1. The van der Waals surface area contributed by atoms with Crippen LogP contribution in [0.3, 0.4) is 0 Å². The SMILES string of the molecule is CCCCNC(=O)[C@H](Cc1ccccc1)N(Cc1c(Cl)cccc1Cl)C(=O)Cc1ccccc1Cl. The Labute approximate surface area is 222 Å². The molecule has 4 nitrogen and oxygen atoms in total. The standard InChI is InChI=1S/C28H29Cl3N2O2/c1-2-3-16-32-28(35)26(17-20-10-5-4-6-11-20)33(19-22-24(30)14-9-15-25(22)31)27(34)18-21-12-7-8-13-23(21)29/h4-15,26H,2-3,16-19H2,1H3,(H,32,35)/t26-/m0/s1. The van der Waals surface area contributed by atoms with E-state index < -0.39 is 6.04 Å². The van der Waals surface area contributed by atoms with Crippen LogP contribution < -0.4 is 5.32 Å². The van der Waals surface area contributed by atoms with Crippen LogP contribution in [0.2, 0.25) is 15.1 Å². The average Bonchev–Trinajstić information content (AvgIpc) is 2.85. The van der Waals surface area contributed by atoms with E-state index in [0.29, 0.717) is 39.2 Å². The maximum Gasteiger partial charge on any atom is 0.243 e. The van der Waals surface area contributed by atoms with Crippen LogP contribution >= 0.6 is 34.8 Å². The highest BCUT2D eigenvalue weighted by molar-refractivity contribution is 6.36. The predicted molar refractivity (Wildman–Crippen MR) is 144 cm³/mol. The van der Waals surface area contributed by atoms with Gasteiger partial charge in [0.25, 0.3) is 0 Å². The van der Waals surface area contributed by atoms with Crippen LogP contribution in [0.5, 0.6) is 0 Å². The quantitative estimate of drug-likeness (QED) is 0.278. The third-order valence-corrected chi connectivity index (χ3v) is 6.87. The zero-order chi connectivity index (χ0) is 25.2. The summed E-state index contributed by atoms with van der Waals surface area (Å²) in [5.41, 5.74) is 2.24. The largest absolute Gasteiger partial charge is 0.354 e. The summed E-state index contributed by atoms with van der Waals surface area (Å²) in [5.74, 6) is -0.446. The lowest BCUT2D eigenvalue weighted by Gasteiger charge is -2.32. The van der Waals surface area contributed by atoms with E-state index in [2.05, 4.69) is 12.2 Å². The van der Waals surface area contributed by atoms with Crippen LogP contribution in [0.4, 0.5) is 0 Å². The Morgan fingerprint density at radius 2 is 1.49 bits per heavy atom. The van der Waals surface area contributed by atoms with Crippen molar-refractivity contribution in [3.8, 4) is 0 Å². The number of halogens is 3. The highest BCUT2D eigenvalue weighted by atomic mass is 35.5. The van der Waals surface area contributed by atoms with Crippen molar-refractivity contribution in [2.45, 2.75) is 45.2 Å². The molecule has 0 saturated carbocycles. The van der Waals surface area contributed by atoms with Crippen LogP contribution in [-0.2, 0) is 29.0 Å². The number of benzene rings is 3. The van der Waals surface area contributed by atoms with Gasteiger partial charge in [-0.05, 0) is 35.7 Å². The number of amides is 2. The molecule has 0 aliphatic carbocycles. The molecule has 0 fully saturated rings. The summed E-state index contributed by atoms with van der Waals surface area (Å²) in [4.78, 5) is 28.8. The van der Waals surface area contributed by atoms with Crippen LogP contribution in [0.15, 0.2) is 72.8 Å². The lowest BCUT2D eigenvalue weighted by molar-refractivity contribution is -0.140. The first kappa shape index (κ1) is 27.1. The molecule has 35 heavy (non-hydrogen) atoms. The number of nitrogens with one attached hydrogen (secondary N) is 1. The molecule has 184 valence electrons. The third kappa shape index (κ3) is 7.73. The van der Waals surface area contributed by atoms with Gasteiger partial charge in [-0.15, -0.1) is 0 Å². The normalized spacial score (nSPS) is 11.7. The maximum atomic E-state index is 13.8. The van der Waals surface area contributed by atoms with Crippen LogP contribution in [-0.4, -0.2) is 29.3 Å². The van der Waals surface area contributed by atoms with Crippen molar-refractivity contribution in [2.24, 2.45) is 0 Å². The van der Waals surface area contributed by atoms with Gasteiger partial charge >= 0.3 is 0 Å². The molecule has 0 aromatic heterocycles. The van der Waals surface area contributed by atoms with Crippen molar-refractivity contribution in [2.75, 3.05) is 6.54 Å². The Balaban J connectivity index is 2.00. The van der Waals surface area contributed by atoms with Crippen molar-refractivity contribution < 1.29 is 9.59 Å². The Hall–Kier alpha value is -2.53. The van der Waals surface area contributed by atoms with E-state index in [1.807, 2.05) is 48.5 Å². The first-order valence-electron chi connectivity index (χ1n) is 11.7. The van der Waals surface area contributed by atoms with E-state index in [0.717, 1.165) is 18.4 Å². The summed E-state index contributed by atoms with van der Waals surface area (Å²) in [5, 5.41) is 4.39. The molecule has 0 aliphatic rings. The average molecular weight is 532 g/mol. The van der Waals surface area contributed by atoms with Crippen molar-refractivity contribution in [3.63, 3.8) is 0 Å². The molecule has 3 rings (SSSR count). The molecule has 0 unspecified atom stereocenters. The van der Waals surface area contributed by atoms with Gasteiger partial charge in [-0.1, -0.05) is 103 Å². The minimum absolute atomic E-state index is 0.0509. The summed E-state index contributed by atoms with van der Waals surface area (Å²) in [7, 11) is 0. The molecular weight excluding hydrogens is 503 g/mol. The Bertz CT molecular complexity index is 1120. The van der Waals surface area contributed by atoms with Gasteiger partial charge in [-0.3, -0.25) is 9.59 Å². The van der Waals surface area contributed by atoms with Gasteiger partial charge < -0.3 is 10.2 Å². The van der Waals surface area contributed by atoms with E-state index >= 15 is 0 Å². The summed E-state index contributed by atoms with van der Waals surface area (Å²) in [6, 6.07) is 21.3. The van der Waals surface area contributed by atoms with Gasteiger partial charge in [0.15, 0.2) is 0 Å². The highest BCUT2D eigenvalue weighted by Crippen LogP contribution is 2.28. The number of hydrogen-bond acceptors (Lipinski definition) is 2. The van der Waals surface area contributed by atoms with Gasteiger partial charge in [-0.2, -0.15) is 0 Å². The van der Waals surface area contributed by atoms with Crippen molar-refractivity contribution in [1.29, 1.82) is 0 Å². The smallest absolute Gasteiger partial charge is 0.243 e. The third-order valence-electron chi connectivity index (χ3n) is 5.79. The van der Waals surface area contributed by atoms with Gasteiger partial charge in [0.1, 0.15) is 6.04 Å². The van der Waals surface area contributed by atoms with Gasteiger partial charge in [0, 0.05) is 40.1 Å². The fourth-order valence-corrected chi connectivity index (χ4v) is 4.54. The molecule has 3 aromatic rings. The van der Waals surface area contributed by atoms with Gasteiger partial charge in [-0.25, -0.2) is 0 Å². The molecule has 3 aromatic carbocycles. The molecule has 0 saturated heterocycles. The van der Waals surface area contributed by atoms with E-state index in [1.165, 1.54) is 0 Å². The molecule has 0 radical (unpaired) electrons. The number of nitrogens with zero attached hydrogens (tertiary/aromatic N) is 1. The minimum atomic E-state index is -0.753. The molecule has 7 heteroatoms. The maximum absolute atomic E-state index is 13.8. The molecule has 1 atom stereocenters. The topological polar surface area (TPSA) is 49.4 Å². The van der Waals surface area contributed by atoms with Gasteiger partial charge in [0.05, 0.1) is 6.42 Å². The second-order valence-electron chi connectivity index (χ2n) is 8.34. The van der Waals surface area contributed by atoms with E-state index in [-0.39, 0.29) is 24.8 Å². The van der Waals surface area contributed by atoms with Crippen molar-refractivity contribution in [1.82, 2.24) is 10.2 Å². The van der Waals surface area contributed by atoms with E-state index in [1.54, 1.807) is 29.2 Å². The summed E-state index contributed by atoms with van der Waals surface area (Å²) >= 11 is 19.3. The van der Waals surface area contributed by atoms with Crippen molar-refractivity contribution in [3.05, 3.63) is 105 Å². The zero-order valence-corrected chi connectivity index (χ0v) is 21.9.